The summed E-state index contributed by atoms with van der Waals surface area (Å²) in [6, 6.07) is 59.7. The fraction of sp³-hybridized carbons (Fsp3) is 0.0588. The lowest BCUT2D eigenvalue weighted by atomic mass is 9.81. The SMILES string of the molecule is CC1(C)c2ccccc2-c2ccc(-c3cccc4c5c6ccccc6c6ccccc6c5n(-c5nc(-c6ccccc6)c6sc7ccccc7c6n5)c34)cc21. The van der Waals surface area contributed by atoms with Gasteiger partial charge in [0, 0.05) is 42.8 Å². The fourth-order valence-corrected chi connectivity index (χ4v) is 10.7. The van der Waals surface area contributed by atoms with Gasteiger partial charge in [0.25, 0.3) is 0 Å². The molecule has 0 atom stereocenters. The van der Waals surface area contributed by atoms with Gasteiger partial charge in [0.1, 0.15) is 0 Å². The van der Waals surface area contributed by atoms with Crippen molar-refractivity contribution in [2.45, 2.75) is 19.3 Å². The van der Waals surface area contributed by atoms with Gasteiger partial charge in [-0.15, -0.1) is 11.3 Å². The quantitative estimate of drug-likeness (QED) is 0.170. The van der Waals surface area contributed by atoms with Gasteiger partial charge in [-0.2, -0.15) is 0 Å². The van der Waals surface area contributed by atoms with Crippen LogP contribution in [0.4, 0.5) is 0 Å². The Morgan fingerprint density at radius 1 is 0.473 bits per heavy atom. The summed E-state index contributed by atoms with van der Waals surface area (Å²) in [6.45, 7) is 4.72. The van der Waals surface area contributed by atoms with Gasteiger partial charge in [0.2, 0.25) is 5.95 Å². The molecule has 4 heteroatoms. The van der Waals surface area contributed by atoms with Crippen LogP contribution in [-0.4, -0.2) is 14.5 Å². The smallest absolute Gasteiger partial charge is 0.235 e. The van der Waals surface area contributed by atoms with Crippen LogP contribution in [-0.2, 0) is 5.41 Å². The Bertz CT molecular complexity index is 3400. The molecule has 0 saturated heterocycles. The molecule has 0 amide bonds. The molecule has 12 rings (SSSR count). The molecular formula is C51H33N3S. The molecule has 8 aromatic carbocycles. The summed E-state index contributed by atoms with van der Waals surface area (Å²) in [6.07, 6.45) is 0. The van der Waals surface area contributed by atoms with E-state index in [0.29, 0.717) is 5.95 Å². The molecule has 258 valence electrons. The van der Waals surface area contributed by atoms with Crippen molar-refractivity contribution in [3.63, 3.8) is 0 Å². The highest BCUT2D eigenvalue weighted by atomic mass is 32.1. The molecule has 11 aromatic rings. The number of hydrogen-bond acceptors (Lipinski definition) is 3. The second-order valence-electron chi connectivity index (χ2n) is 15.3. The van der Waals surface area contributed by atoms with Crippen LogP contribution in [0.5, 0.6) is 0 Å². The number of benzene rings is 8. The van der Waals surface area contributed by atoms with Gasteiger partial charge in [-0.1, -0.05) is 166 Å². The van der Waals surface area contributed by atoms with E-state index in [9.17, 15) is 0 Å². The number of aromatic nitrogens is 3. The van der Waals surface area contributed by atoms with Crippen LogP contribution in [0.2, 0.25) is 0 Å². The van der Waals surface area contributed by atoms with E-state index in [1.807, 2.05) is 0 Å². The van der Waals surface area contributed by atoms with Crippen molar-refractivity contribution in [1.82, 2.24) is 14.5 Å². The Balaban J connectivity index is 1.27. The third-order valence-electron chi connectivity index (χ3n) is 12.0. The average molecular weight is 720 g/mol. The van der Waals surface area contributed by atoms with Crippen LogP contribution < -0.4 is 0 Å². The first-order valence-electron chi connectivity index (χ1n) is 18.9. The minimum absolute atomic E-state index is 0.117. The van der Waals surface area contributed by atoms with Gasteiger partial charge in [0.15, 0.2) is 0 Å². The minimum Gasteiger partial charge on any atom is -0.277 e. The number of rotatable bonds is 3. The molecule has 0 unspecified atom stereocenters. The van der Waals surface area contributed by atoms with E-state index in [1.165, 1.54) is 64.8 Å². The summed E-state index contributed by atoms with van der Waals surface area (Å²) in [5.41, 5.74) is 12.9. The number of hydrogen-bond donors (Lipinski definition) is 0. The maximum absolute atomic E-state index is 5.60. The molecule has 0 bridgehead atoms. The molecule has 1 aliphatic carbocycles. The first-order valence-corrected chi connectivity index (χ1v) is 19.7. The van der Waals surface area contributed by atoms with Gasteiger partial charge in [-0.3, -0.25) is 4.57 Å². The zero-order valence-corrected chi connectivity index (χ0v) is 31.2. The van der Waals surface area contributed by atoms with E-state index < -0.39 is 0 Å². The maximum Gasteiger partial charge on any atom is 0.235 e. The molecule has 3 nitrogen and oxygen atoms in total. The second kappa shape index (κ2) is 11.2. The number of thiophene rings is 1. The highest BCUT2D eigenvalue weighted by Gasteiger charge is 2.35. The Morgan fingerprint density at radius 3 is 1.95 bits per heavy atom. The fourth-order valence-electron chi connectivity index (χ4n) is 9.50. The van der Waals surface area contributed by atoms with Gasteiger partial charge in [-0.05, 0) is 56.1 Å². The standard InChI is InChI=1S/C51H33N3S/c1-51(2)41-25-12-10-19-35(41)36-28-27-31(29-42(36)51)32-23-14-24-40-44-37-20-8-6-17-33(37)34-18-7-9-21-38(34)48(44)54(47(32)40)50-52-45(30-15-4-3-5-16-30)49-46(53-50)39-22-11-13-26-43(39)55-49/h3-29H,1-2H3. The average Bonchev–Trinajstić information content (AvgIpc) is 3.87. The molecular weight excluding hydrogens is 687 g/mol. The van der Waals surface area contributed by atoms with Crippen LogP contribution >= 0.6 is 11.3 Å². The van der Waals surface area contributed by atoms with E-state index in [-0.39, 0.29) is 5.41 Å². The summed E-state index contributed by atoms with van der Waals surface area (Å²) in [5.74, 6) is 0.677. The van der Waals surface area contributed by atoms with Crippen molar-refractivity contribution in [2.75, 3.05) is 0 Å². The molecule has 55 heavy (non-hydrogen) atoms. The molecule has 0 aliphatic heterocycles. The summed E-state index contributed by atoms with van der Waals surface area (Å²) in [4.78, 5) is 11.2. The molecule has 0 N–H and O–H groups in total. The van der Waals surface area contributed by atoms with Crippen LogP contribution in [0.3, 0.4) is 0 Å². The first-order chi connectivity index (χ1) is 27.1. The van der Waals surface area contributed by atoms with Gasteiger partial charge < -0.3 is 0 Å². The van der Waals surface area contributed by atoms with Gasteiger partial charge in [-0.25, -0.2) is 9.97 Å². The normalized spacial score (nSPS) is 13.4. The lowest BCUT2D eigenvalue weighted by Gasteiger charge is -2.22. The van der Waals surface area contributed by atoms with Crippen LogP contribution in [0.1, 0.15) is 25.0 Å². The maximum atomic E-state index is 5.60. The largest absolute Gasteiger partial charge is 0.277 e. The van der Waals surface area contributed by atoms with Gasteiger partial charge in [0.05, 0.1) is 26.9 Å². The Hall–Kier alpha value is -6.62. The van der Waals surface area contributed by atoms with E-state index in [4.69, 9.17) is 9.97 Å². The summed E-state index contributed by atoms with van der Waals surface area (Å²) < 4.78 is 4.70. The lowest BCUT2D eigenvalue weighted by molar-refractivity contribution is 0.660. The van der Waals surface area contributed by atoms with Crippen molar-refractivity contribution in [2.24, 2.45) is 0 Å². The highest BCUT2D eigenvalue weighted by molar-refractivity contribution is 7.26. The van der Waals surface area contributed by atoms with Crippen LogP contribution in [0.25, 0.3) is 103 Å². The predicted molar refractivity (Wildman–Crippen MR) is 233 cm³/mol. The topological polar surface area (TPSA) is 30.7 Å². The molecule has 3 aromatic heterocycles. The molecule has 0 saturated carbocycles. The zero-order chi connectivity index (χ0) is 36.4. The first kappa shape index (κ1) is 30.8. The third-order valence-corrected chi connectivity index (χ3v) is 13.2. The Morgan fingerprint density at radius 2 is 1.11 bits per heavy atom. The van der Waals surface area contributed by atoms with Crippen molar-refractivity contribution in [3.8, 4) is 39.5 Å². The minimum atomic E-state index is -0.117. The summed E-state index contributed by atoms with van der Waals surface area (Å²) >= 11 is 1.77. The van der Waals surface area contributed by atoms with E-state index in [1.54, 1.807) is 11.3 Å². The number of para-hydroxylation sites is 1. The second-order valence-corrected chi connectivity index (χ2v) is 16.3. The van der Waals surface area contributed by atoms with E-state index in [2.05, 4.69) is 182 Å². The molecule has 0 spiro atoms. The predicted octanol–water partition coefficient (Wildman–Crippen LogP) is 13.9. The molecule has 1 aliphatic rings. The molecule has 3 heterocycles. The monoisotopic (exact) mass is 719 g/mol. The van der Waals surface area contributed by atoms with Crippen molar-refractivity contribution >= 4 is 75.0 Å². The van der Waals surface area contributed by atoms with Crippen molar-refractivity contribution < 1.29 is 0 Å². The summed E-state index contributed by atoms with van der Waals surface area (Å²) in [7, 11) is 0. The Kier molecular flexibility index (Phi) is 6.27. The van der Waals surface area contributed by atoms with Crippen LogP contribution in [0, 0.1) is 0 Å². The third kappa shape index (κ3) is 4.20. The zero-order valence-electron chi connectivity index (χ0n) is 30.3. The molecule has 0 fully saturated rings. The van der Waals surface area contributed by atoms with Gasteiger partial charge >= 0.3 is 0 Å². The Labute approximate surface area is 321 Å². The highest BCUT2D eigenvalue weighted by Crippen LogP contribution is 2.51. The number of fused-ring (bicyclic) bond motifs is 14. The molecule has 0 radical (unpaired) electrons. The van der Waals surface area contributed by atoms with Crippen LogP contribution in [0.15, 0.2) is 164 Å². The van der Waals surface area contributed by atoms with Crippen molar-refractivity contribution in [3.05, 3.63) is 175 Å². The number of nitrogens with zero attached hydrogens (tertiary/aromatic N) is 3. The van der Waals surface area contributed by atoms with E-state index >= 15 is 0 Å². The lowest BCUT2D eigenvalue weighted by Crippen LogP contribution is -2.14. The van der Waals surface area contributed by atoms with E-state index in [0.717, 1.165) is 43.5 Å². The van der Waals surface area contributed by atoms with Crippen molar-refractivity contribution in [1.29, 1.82) is 0 Å². The summed E-state index contributed by atoms with van der Waals surface area (Å²) in [5, 5.41) is 8.45.